The molecule has 0 bridgehead atoms. The zero-order valence-electron chi connectivity index (χ0n) is 7.00. The first kappa shape index (κ1) is 8.18. The van der Waals surface area contributed by atoms with Crippen molar-refractivity contribution in [3.8, 4) is 0 Å². The number of aliphatic imine (C=N–C) groups is 1. The SMILES string of the molecule is CCC1C=CC(C(C)=O)=NC1. The van der Waals surface area contributed by atoms with E-state index in [2.05, 4.69) is 18.0 Å². The fourth-order valence-electron chi connectivity index (χ4n) is 1.05. The summed E-state index contributed by atoms with van der Waals surface area (Å²) < 4.78 is 0. The quantitative estimate of drug-likeness (QED) is 0.589. The topological polar surface area (TPSA) is 29.4 Å². The van der Waals surface area contributed by atoms with Crippen LogP contribution in [0.5, 0.6) is 0 Å². The van der Waals surface area contributed by atoms with Crippen LogP contribution in [0.1, 0.15) is 20.3 Å². The second-order valence-electron chi connectivity index (χ2n) is 2.81. The van der Waals surface area contributed by atoms with Gasteiger partial charge in [0.2, 0.25) is 0 Å². The molecule has 0 aliphatic carbocycles. The standard InChI is InChI=1S/C9H13NO/c1-3-8-4-5-9(7(2)11)10-6-8/h4-5,8H,3,6H2,1-2H3. The summed E-state index contributed by atoms with van der Waals surface area (Å²) in [6, 6.07) is 0. The molecule has 1 atom stereocenters. The molecule has 0 fully saturated rings. The van der Waals surface area contributed by atoms with Crippen molar-refractivity contribution >= 4 is 11.5 Å². The fraction of sp³-hybridized carbons (Fsp3) is 0.556. The number of Topliss-reactive ketones (excluding diaryl/α,β-unsaturated/α-hetero) is 1. The van der Waals surface area contributed by atoms with Crippen molar-refractivity contribution in [2.45, 2.75) is 20.3 Å². The molecule has 0 aromatic carbocycles. The molecule has 2 nitrogen and oxygen atoms in total. The Kier molecular flexibility index (Phi) is 2.58. The molecule has 1 aliphatic heterocycles. The van der Waals surface area contributed by atoms with Crippen LogP contribution in [0.2, 0.25) is 0 Å². The van der Waals surface area contributed by atoms with Crippen LogP contribution < -0.4 is 0 Å². The molecule has 0 aromatic heterocycles. The van der Waals surface area contributed by atoms with E-state index in [1.807, 2.05) is 6.08 Å². The van der Waals surface area contributed by atoms with Gasteiger partial charge in [-0.2, -0.15) is 0 Å². The zero-order valence-corrected chi connectivity index (χ0v) is 7.00. The lowest BCUT2D eigenvalue weighted by atomic mass is 10.0. The van der Waals surface area contributed by atoms with E-state index in [1.165, 1.54) is 0 Å². The minimum atomic E-state index is 0.0656. The van der Waals surface area contributed by atoms with Gasteiger partial charge >= 0.3 is 0 Å². The van der Waals surface area contributed by atoms with Gasteiger partial charge in [0.25, 0.3) is 0 Å². The zero-order chi connectivity index (χ0) is 8.27. The number of allylic oxidation sites excluding steroid dienone is 1. The van der Waals surface area contributed by atoms with E-state index in [0.717, 1.165) is 13.0 Å². The highest BCUT2D eigenvalue weighted by atomic mass is 16.1. The molecule has 0 aromatic rings. The minimum Gasteiger partial charge on any atom is -0.293 e. The van der Waals surface area contributed by atoms with Crippen molar-refractivity contribution in [3.63, 3.8) is 0 Å². The van der Waals surface area contributed by atoms with E-state index >= 15 is 0 Å². The highest BCUT2D eigenvalue weighted by molar-refractivity contribution is 6.43. The molecule has 1 rings (SSSR count). The first-order valence-electron chi connectivity index (χ1n) is 3.97. The summed E-state index contributed by atoms with van der Waals surface area (Å²) in [4.78, 5) is 15.0. The molecule has 0 saturated heterocycles. The summed E-state index contributed by atoms with van der Waals surface area (Å²) in [5.74, 6) is 0.605. The molecule has 1 heterocycles. The third-order valence-electron chi connectivity index (χ3n) is 1.91. The first-order valence-corrected chi connectivity index (χ1v) is 3.97. The molecule has 0 radical (unpaired) electrons. The van der Waals surface area contributed by atoms with Crippen molar-refractivity contribution in [3.05, 3.63) is 12.2 Å². The van der Waals surface area contributed by atoms with Crippen molar-refractivity contribution in [1.29, 1.82) is 0 Å². The van der Waals surface area contributed by atoms with Crippen LogP contribution in [0.15, 0.2) is 17.1 Å². The molecular weight excluding hydrogens is 138 g/mol. The molecule has 0 saturated carbocycles. The Labute approximate surface area is 67.0 Å². The second-order valence-corrected chi connectivity index (χ2v) is 2.81. The summed E-state index contributed by atoms with van der Waals surface area (Å²) in [6.07, 6.45) is 5.01. The third-order valence-corrected chi connectivity index (χ3v) is 1.91. The van der Waals surface area contributed by atoms with Crippen LogP contribution in [0, 0.1) is 5.92 Å². The number of hydrogen-bond donors (Lipinski definition) is 0. The third kappa shape index (κ3) is 2.00. The van der Waals surface area contributed by atoms with Gasteiger partial charge < -0.3 is 0 Å². The lowest BCUT2D eigenvalue weighted by Crippen LogP contribution is -2.14. The highest BCUT2D eigenvalue weighted by Crippen LogP contribution is 2.09. The van der Waals surface area contributed by atoms with Crippen LogP contribution in [0.3, 0.4) is 0 Å². The maximum Gasteiger partial charge on any atom is 0.177 e. The summed E-state index contributed by atoms with van der Waals surface area (Å²) in [5.41, 5.74) is 0.620. The Bertz CT molecular complexity index is 216. The Hall–Kier alpha value is -0.920. The lowest BCUT2D eigenvalue weighted by Gasteiger charge is -2.11. The summed E-state index contributed by atoms with van der Waals surface area (Å²) >= 11 is 0. The molecule has 1 unspecified atom stereocenters. The number of nitrogens with zero attached hydrogens (tertiary/aromatic N) is 1. The van der Waals surface area contributed by atoms with Crippen molar-refractivity contribution in [1.82, 2.24) is 0 Å². The van der Waals surface area contributed by atoms with Gasteiger partial charge in [-0.1, -0.05) is 13.0 Å². The van der Waals surface area contributed by atoms with Gasteiger partial charge in [-0.25, -0.2) is 0 Å². The van der Waals surface area contributed by atoms with E-state index in [9.17, 15) is 4.79 Å². The molecule has 0 amide bonds. The lowest BCUT2D eigenvalue weighted by molar-refractivity contribution is -0.111. The Morgan fingerprint density at radius 1 is 1.82 bits per heavy atom. The maximum atomic E-state index is 10.8. The van der Waals surface area contributed by atoms with Gasteiger partial charge in [0.05, 0.1) is 5.71 Å². The number of dihydropyridines is 1. The van der Waals surface area contributed by atoms with Gasteiger partial charge in [-0.05, 0) is 18.4 Å². The molecule has 60 valence electrons. The summed E-state index contributed by atoms with van der Waals surface area (Å²) in [7, 11) is 0. The van der Waals surface area contributed by atoms with Crippen LogP contribution in [-0.4, -0.2) is 18.0 Å². The number of ketones is 1. The molecule has 1 aliphatic rings. The number of hydrogen-bond acceptors (Lipinski definition) is 2. The molecular formula is C9H13NO. The van der Waals surface area contributed by atoms with Crippen molar-refractivity contribution in [2.24, 2.45) is 10.9 Å². The van der Waals surface area contributed by atoms with Gasteiger partial charge in [-0.3, -0.25) is 9.79 Å². The smallest absolute Gasteiger partial charge is 0.177 e. The molecule has 0 spiro atoms. The van der Waals surface area contributed by atoms with Crippen molar-refractivity contribution < 1.29 is 4.79 Å². The van der Waals surface area contributed by atoms with E-state index in [0.29, 0.717) is 11.6 Å². The van der Waals surface area contributed by atoms with E-state index in [4.69, 9.17) is 0 Å². The van der Waals surface area contributed by atoms with Crippen LogP contribution in [0.25, 0.3) is 0 Å². The van der Waals surface area contributed by atoms with Gasteiger partial charge in [-0.15, -0.1) is 0 Å². The van der Waals surface area contributed by atoms with Crippen LogP contribution in [0.4, 0.5) is 0 Å². The minimum absolute atomic E-state index is 0.0656. The second kappa shape index (κ2) is 3.46. The normalized spacial score (nSPS) is 23.1. The predicted octanol–water partition coefficient (Wildman–Crippen LogP) is 1.61. The predicted molar refractivity (Wildman–Crippen MR) is 45.9 cm³/mol. The van der Waals surface area contributed by atoms with E-state index < -0.39 is 0 Å². The average molecular weight is 151 g/mol. The monoisotopic (exact) mass is 151 g/mol. The summed E-state index contributed by atoms with van der Waals surface area (Å²) in [6.45, 7) is 4.46. The molecule has 2 heteroatoms. The first-order chi connectivity index (χ1) is 5.24. The summed E-state index contributed by atoms with van der Waals surface area (Å²) in [5, 5.41) is 0. The fourth-order valence-corrected chi connectivity index (χ4v) is 1.05. The molecule has 0 N–H and O–H groups in total. The van der Waals surface area contributed by atoms with Crippen molar-refractivity contribution in [2.75, 3.05) is 6.54 Å². The van der Waals surface area contributed by atoms with Gasteiger partial charge in [0.1, 0.15) is 0 Å². The van der Waals surface area contributed by atoms with Gasteiger partial charge in [0.15, 0.2) is 5.78 Å². The number of rotatable bonds is 2. The average Bonchev–Trinajstić information content (AvgIpc) is 2.05. The van der Waals surface area contributed by atoms with Gasteiger partial charge in [0, 0.05) is 13.5 Å². The highest BCUT2D eigenvalue weighted by Gasteiger charge is 2.09. The Balaban J connectivity index is 2.60. The van der Waals surface area contributed by atoms with Crippen LogP contribution in [-0.2, 0) is 4.79 Å². The maximum absolute atomic E-state index is 10.8. The largest absolute Gasteiger partial charge is 0.293 e. The molecule has 11 heavy (non-hydrogen) atoms. The Morgan fingerprint density at radius 3 is 2.91 bits per heavy atom. The van der Waals surface area contributed by atoms with E-state index in [-0.39, 0.29) is 5.78 Å². The number of carbonyl (C=O) groups is 1. The Morgan fingerprint density at radius 2 is 2.55 bits per heavy atom. The van der Waals surface area contributed by atoms with Crippen LogP contribution >= 0.6 is 0 Å². The van der Waals surface area contributed by atoms with E-state index in [1.54, 1.807) is 6.92 Å². The number of carbonyl (C=O) groups excluding carboxylic acids is 1.